The lowest BCUT2D eigenvalue weighted by Gasteiger charge is -2.04. The Morgan fingerprint density at radius 3 is 2.95 bits per heavy atom. The van der Waals surface area contributed by atoms with Crippen LogP contribution >= 0.6 is 23.1 Å². The largest absolute Gasteiger partial charge is 0.326 e. The number of ketones is 1. The third-order valence-corrected chi connectivity index (χ3v) is 5.13. The molecule has 3 aromatic heterocycles. The second kappa shape index (κ2) is 6.51. The predicted molar refractivity (Wildman–Crippen MR) is 89.3 cm³/mol. The van der Waals surface area contributed by atoms with Gasteiger partial charge in [0.05, 0.1) is 16.1 Å². The van der Waals surface area contributed by atoms with Crippen molar-refractivity contribution >= 4 is 39.9 Å². The summed E-state index contributed by atoms with van der Waals surface area (Å²) in [6.07, 6.45) is 1.71. The van der Waals surface area contributed by atoms with Gasteiger partial charge in [0.15, 0.2) is 5.78 Å². The normalized spacial score (nSPS) is 11.0. The summed E-state index contributed by atoms with van der Waals surface area (Å²) >= 11 is 2.84. The van der Waals surface area contributed by atoms with Crippen LogP contribution in [0.15, 0.2) is 35.5 Å². The van der Waals surface area contributed by atoms with Crippen molar-refractivity contribution in [2.24, 2.45) is 5.73 Å². The van der Waals surface area contributed by atoms with Crippen molar-refractivity contribution in [3.63, 3.8) is 0 Å². The molecular weight excluding hydrogens is 316 g/mol. The van der Waals surface area contributed by atoms with E-state index in [2.05, 4.69) is 15.0 Å². The second-order valence-corrected chi connectivity index (χ2v) is 6.76. The van der Waals surface area contributed by atoms with E-state index >= 15 is 0 Å². The van der Waals surface area contributed by atoms with Crippen LogP contribution in [0.1, 0.15) is 20.4 Å². The van der Waals surface area contributed by atoms with Gasteiger partial charge in [0.1, 0.15) is 16.4 Å². The minimum atomic E-state index is 0.0787. The fourth-order valence-electron chi connectivity index (χ4n) is 1.99. The average molecular weight is 330 g/mol. The molecule has 22 heavy (non-hydrogen) atoms. The van der Waals surface area contributed by atoms with E-state index in [1.807, 2.05) is 31.2 Å². The molecule has 0 saturated carbocycles. The first kappa shape index (κ1) is 15.1. The first-order chi connectivity index (χ1) is 10.7. The Morgan fingerprint density at radius 2 is 2.18 bits per heavy atom. The SMILES string of the molecule is Cc1nc(SCC(=O)c2ccc(CN)s2)c2ncccc2n1. The molecule has 0 aliphatic rings. The van der Waals surface area contributed by atoms with Gasteiger partial charge in [0, 0.05) is 17.6 Å². The molecule has 0 fully saturated rings. The van der Waals surface area contributed by atoms with Crippen LogP contribution in [0.2, 0.25) is 0 Å². The zero-order chi connectivity index (χ0) is 15.5. The molecule has 0 aromatic carbocycles. The highest BCUT2D eigenvalue weighted by Gasteiger charge is 2.13. The number of nitrogens with two attached hydrogens (primary N) is 1. The molecule has 0 spiro atoms. The Hall–Kier alpha value is -1.83. The monoisotopic (exact) mass is 330 g/mol. The molecule has 0 radical (unpaired) electrons. The second-order valence-electron chi connectivity index (χ2n) is 4.63. The molecule has 7 heteroatoms. The zero-order valence-corrected chi connectivity index (χ0v) is 13.6. The van der Waals surface area contributed by atoms with E-state index in [4.69, 9.17) is 5.73 Å². The minimum absolute atomic E-state index is 0.0787. The summed E-state index contributed by atoms with van der Waals surface area (Å²) in [5.41, 5.74) is 7.11. The molecule has 3 rings (SSSR count). The molecule has 0 saturated heterocycles. The lowest BCUT2D eigenvalue weighted by atomic mass is 10.3. The first-order valence-electron chi connectivity index (χ1n) is 6.71. The molecule has 0 amide bonds. The van der Waals surface area contributed by atoms with Crippen LogP contribution in [0, 0.1) is 6.92 Å². The van der Waals surface area contributed by atoms with Gasteiger partial charge < -0.3 is 5.73 Å². The molecule has 0 atom stereocenters. The lowest BCUT2D eigenvalue weighted by molar-refractivity contribution is 0.102. The molecule has 0 bridgehead atoms. The number of thioether (sulfide) groups is 1. The lowest BCUT2D eigenvalue weighted by Crippen LogP contribution is -2.01. The molecule has 2 N–H and O–H groups in total. The Morgan fingerprint density at radius 1 is 1.32 bits per heavy atom. The van der Waals surface area contributed by atoms with Crippen molar-refractivity contribution in [3.8, 4) is 0 Å². The van der Waals surface area contributed by atoms with E-state index in [-0.39, 0.29) is 5.78 Å². The van der Waals surface area contributed by atoms with Crippen molar-refractivity contribution in [2.75, 3.05) is 5.75 Å². The van der Waals surface area contributed by atoms with Gasteiger partial charge in [-0.1, -0.05) is 11.8 Å². The molecule has 5 nitrogen and oxygen atoms in total. The van der Waals surface area contributed by atoms with Crippen LogP contribution < -0.4 is 5.73 Å². The first-order valence-corrected chi connectivity index (χ1v) is 8.51. The number of aryl methyl sites for hydroxylation is 1. The molecule has 0 aliphatic heterocycles. The number of aromatic nitrogens is 3. The maximum Gasteiger partial charge on any atom is 0.183 e. The number of carbonyl (C=O) groups excluding carboxylic acids is 1. The van der Waals surface area contributed by atoms with E-state index in [0.717, 1.165) is 25.8 Å². The van der Waals surface area contributed by atoms with Gasteiger partial charge in [-0.2, -0.15) is 0 Å². The fraction of sp³-hybridized carbons (Fsp3) is 0.200. The van der Waals surface area contributed by atoms with Gasteiger partial charge in [-0.15, -0.1) is 11.3 Å². The quantitative estimate of drug-likeness (QED) is 0.440. The zero-order valence-electron chi connectivity index (χ0n) is 11.9. The highest BCUT2D eigenvalue weighted by molar-refractivity contribution is 8.00. The number of fused-ring (bicyclic) bond motifs is 1. The Bertz CT molecular complexity index is 831. The van der Waals surface area contributed by atoms with E-state index in [0.29, 0.717) is 18.1 Å². The number of hydrogen-bond acceptors (Lipinski definition) is 7. The van der Waals surface area contributed by atoms with E-state index < -0.39 is 0 Å². The smallest absolute Gasteiger partial charge is 0.183 e. The topological polar surface area (TPSA) is 81.8 Å². The van der Waals surface area contributed by atoms with Crippen molar-refractivity contribution in [1.82, 2.24) is 15.0 Å². The van der Waals surface area contributed by atoms with Crippen LogP contribution in [-0.2, 0) is 6.54 Å². The summed E-state index contributed by atoms with van der Waals surface area (Å²) < 4.78 is 0. The fourth-order valence-corrected chi connectivity index (χ4v) is 3.82. The molecule has 3 heterocycles. The molecular formula is C15H14N4OS2. The van der Waals surface area contributed by atoms with Gasteiger partial charge in [-0.3, -0.25) is 9.78 Å². The number of thiophene rings is 1. The summed E-state index contributed by atoms with van der Waals surface area (Å²) in [6.45, 7) is 2.30. The van der Waals surface area contributed by atoms with Crippen LogP contribution in [0.4, 0.5) is 0 Å². The average Bonchev–Trinajstić information content (AvgIpc) is 3.01. The van der Waals surface area contributed by atoms with Crippen LogP contribution in [0.25, 0.3) is 11.0 Å². The number of pyridine rings is 1. The van der Waals surface area contributed by atoms with Crippen molar-refractivity contribution in [3.05, 3.63) is 46.0 Å². The Kier molecular flexibility index (Phi) is 4.47. The van der Waals surface area contributed by atoms with Gasteiger partial charge >= 0.3 is 0 Å². The molecule has 0 unspecified atom stereocenters. The number of rotatable bonds is 5. The van der Waals surface area contributed by atoms with Crippen LogP contribution in [0.3, 0.4) is 0 Å². The number of hydrogen-bond donors (Lipinski definition) is 1. The van der Waals surface area contributed by atoms with E-state index in [1.54, 1.807) is 6.20 Å². The highest BCUT2D eigenvalue weighted by atomic mass is 32.2. The maximum absolute atomic E-state index is 12.3. The standard InChI is InChI=1S/C15H14N4OS2/c1-9-18-11-3-2-6-17-14(11)15(19-9)21-8-12(20)13-5-4-10(7-16)22-13/h2-6H,7-8,16H2,1H3. The summed E-state index contributed by atoms with van der Waals surface area (Å²) in [7, 11) is 0. The maximum atomic E-state index is 12.3. The minimum Gasteiger partial charge on any atom is -0.326 e. The summed E-state index contributed by atoms with van der Waals surface area (Å²) in [5.74, 6) is 1.08. The summed E-state index contributed by atoms with van der Waals surface area (Å²) in [6, 6.07) is 7.47. The van der Waals surface area contributed by atoms with Gasteiger partial charge in [-0.25, -0.2) is 9.97 Å². The van der Waals surface area contributed by atoms with Crippen molar-refractivity contribution in [1.29, 1.82) is 0 Å². The van der Waals surface area contributed by atoms with Crippen LogP contribution in [-0.4, -0.2) is 26.5 Å². The van der Waals surface area contributed by atoms with Crippen LogP contribution in [0.5, 0.6) is 0 Å². The van der Waals surface area contributed by atoms with E-state index in [1.165, 1.54) is 23.1 Å². The molecule has 3 aromatic rings. The third kappa shape index (κ3) is 3.16. The summed E-state index contributed by atoms with van der Waals surface area (Å²) in [4.78, 5) is 27.1. The number of nitrogens with zero attached hydrogens (tertiary/aromatic N) is 3. The number of Topliss-reactive ketones (excluding diaryl/α,β-unsaturated/α-hetero) is 1. The highest BCUT2D eigenvalue weighted by Crippen LogP contribution is 2.25. The Balaban J connectivity index is 1.80. The number of carbonyl (C=O) groups is 1. The predicted octanol–water partition coefficient (Wildman–Crippen LogP) is 2.83. The van der Waals surface area contributed by atoms with Crippen molar-refractivity contribution < 1.29 is 4.79 Å². The Labute approximate surface area is 136 Å². The van der Waals surface area contributed by atoms with Gasteiger partial charge in [0.25, 0.3) is 0 Å². The van der Waals surface area contributed by atoms with Crippen molar-refractivity contribution in [2.45, 2.75) is 18.5 Å². The molecule has 0 aliphatic carbocycles. The summed E-state index contributed by atoms with van der Waals surface area (Å²) in [5, 5.41) is 0.743. The van der Waals surface area contributed by atoms with Gasteiger partial charge in [0.2, 0.25) is 0 Å². The van der Waals surface area contributed by atoms with Gasteiger partial charge in [-0.05, 0) is 31.2 Å². The van der Waals surface area contributed by atoms with E-state index in [9.17, 15) is 4.79 Å². The third-order valence-electron chi connectivity index (χ3n) is 3.01. The molecule has 112 valence electrons.